The first kappa shape index (κ1) is 14.5. The summed E-state index contributed by atoms with van der Waals surface area (Å²) in [4.78, 5) is 0. The van der Waals surface area contributed by atoms with Crippen molar-refractivity contribution in [2.75, 3.05) is 6.54 Å². The lowest BCUT2D eigenvalue weighted by atomic mass is 10.1. The van der Waals surface area contributed by atoms with Gasteiger partial charge in [-0.3, -0.25) is 0 Å². The molecule has 0 atom stereocenters. The third-order valence-corrected chi connectivity index (χ3v) is 3.60. The van der Waals surface area contributed by atoms with Crippen LogP contribution in [0.15, 0.2) is 10.6 Å². The van der Waals surface area contributed by atoms with E-state index in [1.807, 2.05) is 6.07 Å². The van der Waals surface area contributed by atoms with Crippen molar-refractivity contribution >= 4 is 0 Å². The molecule has 2 rings (SSSR count). The Labute approximate surface area is 115 Å². The maximum absolute atomic E-state index is 5.93. The van der Waals surface area contributed by atoms with E-state index in [1.54, 1.807) is 0 Å². The fraction of sp³-hybridized carbons (Fsp3) is 0.800. The number of hydrogen-bond donors (Lipinski definition) is 1. The van der Waals surface area contributed by atoms with E-state index in [9.17, 15) is 0 Å². The van der Waals surface area contributed by atoms with Crippen molar-refractivity contribution < 1.29 is 9.26 Å². The largest absolute Gasteiger partial charge is 0.370 e. The van der Waals surface area contributed by atoms with Crippen molar-refractivity contribution in [3.05, 3.63) is 17.5 Å². The summed E-state index contributed by atoms with van der Waals surface area (Å²) in [5.74, 6) is 0.845. The van der Waals surface area contributed by atoms with Crippen LogP contribution in [-0.2, 0) is 17.9 Å². The number of nitrogens with zero attached hydrogens (tertiary/aromatic N) is 1. The predicted octanol–water partition coefficient (Wildman–Crippen LogP) is 3.41. The van der Waals surface area contributed by atoms with Crippen LogP contribution in [0.1, 0.15) is 63.3 Å². The molecule has 0 bridgehead atoms. The molecule has 4 nitrogen and oxygen atoms in total. The first-order valence-corrected chi connectivity index (χ1v) is 7.65. The van der Waals surface area contributed by atoms with Crippen molar-refractivity contribution in [1.29, 1.82) is 0 Å². The van der Waals surface area contributed by atoms with Gasteiger partial charge >= 0.3 is 0 Å². The van der Waals surface area contributed by atoms with Gasteiger partial charge in [0.2, 0.25) is 0 Å². The molecule has 0 saturated heterocycles. The van der Waals surface area contributed by atoms with Gasteiger partial charge in [-0.05, 0) is 25.8 Å². The lowest BCUT2D eigenvalue weighted by Crippen LogP contribution is -2.13. The number of hydrogen-bond acceptors (Lipinski definition) is 4. The normalized spacial score (nSPS) is 17.5. The quantitative estimate of drug-likeness (QED) is 0.607. The van der Waals surface area contributed by atoms with Crippen LogP contribution in [0.5, 0.6) is 0 Å². The number of rotatable bonds is 7. The van der Waals surface area contributed by atoms with Crippen molar-refractivity contribution in [3.63, 3.8) is 0 Å². The van der Waals surface area contributed by atoms with E-state index in [1.165, 1.54) is 38.5 Å². The molecule has 1 saturated carbocycles. The van der Waals surface area contributed by atoms with E-state index < -0.39 is 0 Å². The van der Waals surface area contributed by atoms with Gasteiger partial charge in [0.05, 0.1) is 11.8 Å². The van der Waals surface area contributed by atoms with Crippen LogP contribution in [0.3, 0.4) is 0 Å². The Morgan fingerprint density at radius 2 is 2.11 bits per heavy atom. The van der Waals surface area contributed by atoms with E-state index in [0.717, 1.165) is 31.0 Å². The summed E-state index contributed by atoms with van der Waals surface area (Å²) in [5.41, 5.74) is 0.966. The van der Waals surface area contributed by atoms with Crippen molar-refractivity contribution in [2.45, 2.75) is 71.1 Å². The predicted molar refractivity (Wildman–Crippen MR) is 74.8 cm³/mol. The zero-order chi connectivity index (χ0) is 13.3. The van der Waals surface area contributed by atoms with E-state index in [0.29, 0.717) is 12.7 Å². The molecule has 1 fully saturated rings. The van der Waals surface area contributed by atoms with Gasteiger partial charge in [-0.25, -0.2) is 0 Å². The standard InChI is InChI=1S/C15H26N2O2/c1-2-9-16-11-13-10-15(19-17-13)12-18-14-7-5-3-4-6-8-14/h10,14,16H,2-9,11-12H2,1H3. The lowest BCUT2D eigenvalue weighted by molar-refractivity contribution is 0.0195. The zero-order valence-corrected chi connectivity index (χ0v) is 12.0. The molecule has 0 aromatic carbocycles. The van der Waals surface area contributed by atoms with Gasteiger partial charge in [0, 0.05) is 12.6 Å². The Morgan fingerprint density at radius 3 is 2.84 bits per heavy atom. The van der Waals surface area contributed by atoms with Gasteiger partial charge < -0.3 is 14.6 Å². The fourth-order valence-corrected chi connectivity index (χ4v) is 2.51. The number of aromatic nitrogens is 1. The Hall–Kier alpha value is -0.870. The van der Waals surface area contributed by atoms with E-state index >= 15 is 0 Å². The van der Waals surface area contributed by atoms with E-state index in [2.05, 4.69) is 17.4 Å². The van der Waals surface area contributed by atoms with Crippen LogP contribution in [0.4, 0.5) is 0 Å². The van der Waals surface area contributed by atoms with Crippen LogP contribution in [0.25, 0.3) is 0 Å². The highest BCUT2D eigenvalue weighted by Crippen LogP contribution is 2.21. The van der Waals surface area contributed by atoms with Crippen molar-refractivity contribution in [1.82, 2.24) is 10.5 Å². The molecule has 0 radical (unpaired) electrons. The molecule has 1 aromatic rings. The minimum absolute atomic E-state index is 0.411. The molecule has 0 amide bonds. The molecular weight excluding hydrogens is 240 g/mol. The maximum Gasteiger partial charge on any atom is 0.162 e. The number of nitrogens with one attached hydrogen (secondary N) is 1. The summed E-state index contributed by atoms with van der Waals surface area (Å²) in [7, 11) is 0. The average molecular weight is 266 g/mol. The van der Waals surface area contributed by atoms with Gasteiger partial charge in [0.15, 0.2) is 5.76 Å². The van der Waals surface area contributed by atoms with Gasteiger partial charge in [-0.1, -0.05) is 37.8 Å². The van der Waals surface area contributed by atoms with Gasteiger partial charge in [0.25, 0.3) is 0 Å². The van der Waals surface area contributed by atoms with E-state index in [4.69, 9.17) is 9.26 Å². The molecule has 1 N–H and O–H groups in total. The first-order chi connectivity index (χ1) is 9.38. The number of ether oxygens (including phenoxy) is 1. The topological polar surface area (TPSA) is 47.3 Å². The highest BCUT2D eigenvalue weighted by molar-refractivity contribution is 5.04. The second kappa shape index (κ2) is 8.33. The molecule has 0 unspecified atom stereocenters. The molecule has 4 heteroatoms. The minimum Gasteiger partial charge on any atom is -0.370 e. The maximum atomic E-state index is 5.93. The molecule has 108 valence electrons. The zero-order valence-electron chi connectivity index (χ0n) is 12.0. The van der Waals surface area contributed by atoms with Gasteiger partial charge in [-0.2, -0.15) is 0 Å². The summed E-state index contributed by atoms with van der Waals surface area (Å²) < 4.78 is 11.2. The summed E-state index contributed by atoms with van der Waals surface area (Å²) in [5, 5.41) is 7.37. The van der Waals surface area contributed by atoms with Crippen molar-refractivity contribution in [2.24, 2.45) is 0 Å². The molecule has 19 heavy (non-hydrogen) atoms. The minimum atomic E-state index is 0.411. The summed E-state index contributed by atoms with van der Waals surface area (Å²) in [6.07, 6.45) is 9.24. The second-order valence-electron chi connectivity index (χ2n) is 5.39. The fourth-order valence-electron chi connectivity index (χ4n) is 2.51. The molecule has 0 spiro atoms. The Kier molecular flexibility index (Phi) is 6.37. The van der Waals surface area contributed by atoms with Gasteiger partial charge in [-0.15, -0.1) is 0 Å². The van der Waals surface area contributed by atoms with Crippen LogP contribution in [0.2, 0.25) is 0 Å². The second-order valence-corrected chi connectivity index (χ2v) is 5.39. The lowest BCUT2D eigenvalue weighted by Gasteiger charge is -2.13. The highest BCUT2D eigenvalue weighted by atomic mass is 16.5. The van der Waals surface area contributed by atoms with Crippen LogP contribution in [-0.4, -0.2) is 17.8 Å². The van der Waals surface area contributed by atoms with Crippen LogP contribution >= 0.6 is 0 Å². The molecule has 1 aliphatic carbocycles. The molecule has 1 heterocycles. The Bertz CT molecular complexity index is 344. The smallest absolute Gasteiger partial charge is 0.162 e. The SMILES string of the molecule is CCCNCc1cc(COC2CCCCCC2)on1. The third-order valence-electron chi connectivity index (χ3n) is 3.60. The monoisotopic (exact) mass is 266 g/mol. The molecule has 0 aliphatic heterocycles. The van der Waals surface area contributed by atoms with Crippen molar-refractivity contribution in [3.8, 4) is 0 Å². The summed E-state index contributed by atoms with van der Waals surface area (Å²) in [6, 6.07) is 2.00. The van der Waals surface area contributed by atoms with Gasteiger partial charge in [0.1, 0.15) is 6.61 Å². The average Bonchev–Trinajstić information content (AvgIpc) is 2.71. The summed E-state index contributed by atoms with van der Waals surface area (Å²) in [6.45, 7) is 4.51. The Morgan fingerprint density at radius 1 is 1.32 bits per heavy atom. The summed E-state index contributed by atoms with van der Waals surface area (Å²) >= 11 is 0. The van der Waals surface area contributed by atoms with E-state index in [-0.39, 0.29) is 0 Å². The molecular formula is C15H26N2O2. The highest BCUT2D eigenvalue weighted by Gasteiger charge is 2.13. The van der Waals surface area contributed by atoms with Crippen LogP contribution < -0.4 is 5.32 Å². The Balaban J connectivity index is 1.70. The molecule has 1 aromatic heterocycles. The first-order valence-electron chi connectivity index (χ1n) is 7.65. The van der Waals surface area contributed by atoms with Crippen LogP contribution in [0, 0.1) is 0 Å². The molecule has 1 aliphatic rings. The third kappa shape index (κ3) is 5.33.